The number of amides is 1. The quantitative estimate of drug-likeness (QED) is 0.917. The van der Waals surface area contributed by atoms with Crippen LogP contribution in [0, 0.1) is 0 Å². The number of pyridine rings is 1. The molecule has 0 bridgehead atoms. The van der Waals surface area contributed by atoms with Crippen LogP contribution in [0.1, 0.15) is 12.5 Å². The van der Waals surface area contributed by atoms with Gasteiger partial charge in [-0.25, -0.2) is 4.98 Å². The lowest BCUT2D eigenvalue weighted by molar-refractivity contribution is -0.129. The van der Waals surface area contributed by atoms with Crippen LogP contribution in [0.5, 0.6) is 0 Å². The summed E-state index contributed by atoms with van der Waals surface area (Å²) in [7, 11) is 0. The minimum absolute atomic E-state index is 0.148. The van der Waals surface area contributed by atoms with Crippen molar-refractivity contribution in [1.82, 2.24) is 9.88 Å². The van der Waals surface area contributed by atoms with Crippen LogP contribution in [0.25, 0.3) is 0 Å². The standard InChI is InChI=1S/C19H24N4O/c1-2-16-6-8-17(9-7-16)21-15-19(24)23-13-11-22(12-14-23)18-5-3-4-10-20-18/h3-10,21H,2,11-15H2,1H3. The van der Waals surface area contributed by atoms with Crippen molar-refractivity contribution in [1.29, 1.82) is 0 Å². The van der Waals surface area contributed by atoms with E-state index in [0.29, 0.717) is 6.54 Å². The zero-order chi connectivity index (χ0) is 16.8. The molecule has 24 heavy (non-hydrogen) atoms. The zero-order valence-electron chi connectivity index (χ0n) is 14.1. The van der Waals surface area contributed by atoms with E-state index in [1.165, 1.54) is 5.56 Å². The highest BCUT2D eigenvalue weighted by atomic mass is 16.2. The first-order valence-corrected chi connectivity index (χ1v) is 8.53. The van der Waals surface area contributed by atoms with Crippen molar-refractivity contribution in [2.24, 2.45) is 0 Å². The molecule has 0 atom stereocenters. The summed E-state index contributed by atoms with van der Waals surface area (Å²) < 4.78 is 0. The van der Waals surface area contributed by atoms with Crippen LogP contribution in [-0.2, 0) is 11.2 Å². The first-order valence-electron chi connectivity index (χ1n) is 8.53. The molecule has 2 aromatic rings. The Morgan fingerprint density at radius 1 is 1.08 bits per heavy atom. The van der Waals surface area contributed by atoms with E-state index in [2.05, 4.69) is 34.3 Å². The summed E-state index contributed by atoms with van der Waals surface area (Å²) in [4.78, 5) is 20.9. The van der Waals surface area contributed by atoms with Crippen molar-refractivity contribution >= 4 is 17.4 Å². The van der Waals surface area contributed by atoms with Gasteiger partial charge in [0.15, 0.2) is 0 Å². The smallest absolute Gasteiger partial charge is 0.241 e. The molecule has 0 saturated carbocycles. The maximum absolute atomic E-state index is 12.4. The van der Waals surface area contributed by atoms with Crippen LogP contribution in [0.3, 0.4) is 0 Å². The maximum Gasteiger partial charge on any atom is 0.241 e. The first kappa shape index (κ1) is 16.3. The Bertz CT molecular complexity index is 649. The number of rotatable bonds is 5. The van der Waals surface area contributed by atoms with E-state index in [-0.39, 0.29) is 5.91 Å². The van der Waals surface area contributed by atoms with Crippen molar-refractivity contribution in [2.45, 2.75) is 13.3 Å². The van der Waals surface area contributed by atoms with Crippen molar-refractivity contribution in [2.75, 3.05) is 42.9 Å². The lowest BCUT2D eigenvalue weighted by atomic mass is 10.1. The molecule has 0 radical (unpaired) electrons. The third-order valence-corrected chi connectivity index (χ3v) is 4.41. The minimum Gasteiger partial charge on any atom is -0.376 e. The summed E-state index contributed by atoms with van der Waals surface area (Å²) in [6.45, 7) is 5.62. The Hall–Kier alpha value is -2.56. The Morgan fingerprint density at radius 2 is 1.83 bits per heavy atom. The summed E-state index contributed by atoms with van der Waals surface area (Å²) in [5.74, 6) is 1.13. The Morgan fingerprint density at radius 3 is 2.46 bits per heavy atom. The molecular weight excluding hydrogens is 300 g/mol. The summed E-state index contributed by atoms with van der Waals surface area (Å²) in [5, 5.41) is 3.22. The van der Waals surface area contributed by atoms with E-state index < -0.39 is 0 Å². The van der Waals surface area contributed by atoms with Crippen LogP contribution < -0.4 is 10.2 Å². The number of anilines is 2. The van der Waals surface area contributed by atoms with Gasteiger partial charge in [-0.3, -0.25) is 4.79 Å². The SMILES string of the molecule is CCc1ccc(NCC(=O)N2CCN(c3ccccn3)CC2)cc1. The molecule has 2 heterocycles. The van der Waals surface area contributed by atoms with Gasteiger partial charge in [-0.05, 0) is 36.2 Å². The molecule has 126 valence electrons. The first-order chi connectivity index (χ1) is 11.8. The number of hydrogen-bond donors (Lipinski definition) is 1. The molecule has 1 fully saturated rings. The fourth-order valence-corrected chi connectivity index (χ4v) is 2.87. The molecule has 1 N–H and O–H groups in total. The predicted octanol–water partition coefficient (Wildman–Crippen LogP) is 2.40. The predicted molar refractivity (Wildman–Crippen MR) is 97.3 cm³/mol. The Labute approximate surface area is 143 Å². The van der Waals surface area contributed by atoms with Crippen molar-refractivity contribution in [3.8, 4) is 0 Å². The lowest BCUT2D eigenvalue weighted by Gasteiger charge is -2.35. The van der Waals surface area contributed by atoms with E-state index >= 15 is 0 Å². The number of benzene rings is 1. The number of hydrogen-bond acceptors (Lipinski definition) is 4. The highest BCUT2D eigenvalue weighted by molar-refractivity contribution is 5.81. The van der Waals surface area contributed by atoms with E-state index in [0.717, 1.165) is 44.1 Å². The molecule has 1 aromatic heterocycles. The largest absolute Gasteiger partial charge is 0.376 e. The summed E-state index contributed by atoms with van der Waals surface area (Å²) >= 11 is 0. The molecule has 0 unspecified atom stereocenters. The van der Waals surface area contributed by atoms with Gasteiger partial charge in [0.05, 0.1) is 6.54 Å². The monoisotopic (exact) mass is 324 g/mol. The van der Waals surface area contributed by atoms with E-state index in [4.69, 9.17) is 0 Å². The van der Waals surface area contributed by atoms with Crippen molar-refractivity contribution in [3.63, 3.8) is 0 Å². The normalized spacial score (nSPS) is 14.5. The van der Waals surface area contributed by atoms with Crippen molar-refractivity contribution in [3.05, 3.63) is 54.2 Å². The van der Waals surface area contributed by atoms with Crippen LogP contribution in [0.15, 0.2) is 48.7 Å². The molecule has 3 rings (SSSR count). The number of aryl methyl sites for hydroxylation is 1. The summed E-state index contributed by atoms with van der Waals surface area (Å²) in [6.07, 6.45) is 2.83. The van der Waals surface area contributed by atoms with Gasteiger partial charge in [-0.1, -0.05) is 25.1 Å². The second kappa shape index (κ2) is 7.81. The number of aromatic nitrogens is 1. The van der Waals surface area contributed by atoms with Gasteiger partial charge in [0.25, 0.3) is 0 Å². The van der Waals surface area contributed by atoms with Gasteiger partial charge in [0, 0.05) is 38.1 Å². The van der Waals surface area contributed by atoms with E-state index in [9.17, 15) is 4.79 Å². The van der Waals surface area contributed by atoms with Gasteiger partial charge in [0.1, 0.15) is 5.82 Å². The second-order valence-corrected chi connectivity index (χ2v) is 5.96. The highest BCUT2D eigenvalue weighted by Crippen LogP contribution is 2.13. The average Bonchev–Trinajstić information content (AvgIpc) is 2.67. The van der Waals surface area contributed by atoms with Gasteiger partial charge in [0.2, 0.25) is 5.91 Å². The Kier molecular flexibility index (Phi) is 5.31. The number of nitrogens with zero attached hydrogens (tertiary/aromatic N) is 3. The number of carbonyl (C=O) groups is 1. The van der Waals surface area contributed by atoms with E-state index in [1.807, 2.05) is 35.2 Å². The molecule has 1 aromatic carbocycles. The van der Waals surface area contributed by atoms with E-state index in [1.54, 1.807) is 6.20 Å². The average molecular weight is 324 g/mol. The second-order valence-electron chi connectivity index (χ2n) is 5.96. The fourth-order valence-electron chi connectivity index (χ4n) is 2.87. The number of carbonyl (C=O) groups excluding carboxylic acids is 1. The van der Waals surface area contributed by atoms with Gasteiger partial charge in [-0.2, -0.15) is 0 Å². The number of nitrogens with one attached hydrogen (secondary N) is 1. The number of piperazine rings is 1. The molecule has 5 nitrogen and oxygen atoms in total. The third kappa shape index (κ3) is 4.04. The molecule has 1 aliphatic rings. The zero-order valence-corrected chi connectivity index (χ0v) is 14.1. The molecule has 0 aliphatic carbocycles. The lowest BCUT2D eigenvalue weighted by Crippen LogP contribution is -2.50. The molecule has 5 heteroatoms. The molecule has 1 amide bonds. The van der Waals surface area contributed by atoms with Crippen LogP contribution in [0.2, 0.25) is 0 Å². The van der Waals surface area contributed by atoms with Gasteiger partial charge in [-0.15, -0.1) is 0 Å². The minimum atomic E-state index is 0.148. The topological polar surface area (TPSA) is 48.5 Å². The molecule has 0 spiro atoms. The van der Waals surface area contributed by atoms with Crippen LogP contribution >= 0.6 is 0 Å². The molecule has 1 saturated heterocycles. The van der Waals surface area contributed by atoms with Gasteiger partial charge >= 0.3 is 0 Å². The summed E-state index contributed by atoms with van der Waals surface area (Å²) in [5.41, 5.74) is 2.30. The highest BCUT2D eigenvalue weighted by Gasteiger charge is 2.21. The van der Waals surface area contributed by atoms with Crippen molar-refractivity contribution < 1.29 is 4.79 Å². The van der Waals surface area contributed by atoms with Crippen LogP contribution in [0.4, 0.5) is 11.5 Å². The van der Waals surface area contributed by atoms with Gasteiger partial charge < -0.3 is 15.1 Å². The fraction of sp³-hybridized carbons (Fsp3) is 0.368. The maximum atomic E-state index is 12.4. The molecule has 1 aliphatic heterocycles. The molecular formula is C19H24N4O. The third-order valence-electron chi connectivity index (χ3n) is 4.41. The van der Waals surface area contributed by atoms with Crippen LogP contribution in [-0.4, -0.2) is 48.5 Å². The summed E-state index contributed by atoms with van der Waals surface area (Å²) in [6, 6.07) is 14.2. The Balaban J connectivity index is 1.46.